The minimum absolute atomic E-state index is 0.247. The van der Waals surface area contributed by atoms with Gasteiger partial charge in [-0.25, -0.2) is 14.3 Å². The average Bonchev–Trinajstić information content (AvgIpc) is 3.32. The second-order valence-electron chi connectivity index (χ2n) is 9.41. The van der Waals surface area contributed by atoms with Crippen LogP contribution in [0.15, 0.2) is 94.8 Å². The molecule has 37 heavy (non-hydrogen) atoms. The molecule has 3 aromatic carbocycles. The predicted octanol–water partition coefficient (Wildman–Crippen LogP) is 4.63. The fourth-order valence-corrected chi connectivity index (χ4v) is 4.56. The molecular formula is C30H27N5O2. The molecule has 0 saturated heterocycles. The Balaban J connectivity index is 1.67. The van der Waals surface area contributed by atoms with Crippen LogP contribution in [0.4, 0.5) is 0 Å². The molecule has 0 aliphatic carbocycles. The molecule has 184 valence electrons. The van der Waals surface area contributed by atoms with Gasteiger partial charge in [0.15, 0.2) is 11.2 Å². The van der Waals surface area contributed by atoms with Crippen LogP contribution in [0.3, 0.4) is 0 Å². The Hall–Kier alpha value is -4.70. The summed E-state index contributed by atoms with van der Waals surface area (Å²) >= 11 is 0. The summed E-state index contributed by atoms with van der Waals surface area (Å²) in [5, 5.41) is 9.28. The average molecular weight is 490 g/mol. The summed E-state index contributed by atoms with van der Waals surface area (Å²) in [6.07, 6.45) is 2.14. The number of rotatable bonds is 7. The molecule has 2 aromatic heterocycles. The van der Waals surface area contributed by atoms with E-state index in [1.54, 1.807) is 23.0 Å². The van der Waals surface area contributed by atoms with Gasteiger partial charge in [-0.15, -0.1) is 0 Å². The molecule has 0 fully saturated rings. The van der Waals surface area contributed by atoms with Gasteiger partial charge in [0.2, 0.25) is 0 Å². The lowest BCUT2D eigenvalue weighted by atomic mass is 10.0. The molecule has 5 rings (SSSR count). The maximum atomic E-state index is 13.7. The van der Waals surface area contributed by atoms with Crippen molar-refractivity contribution in [2.75, 3.05) is 0 Å². The van der Waals surface area contributed by atoms with Gasteiger partial charge in [0.25, 0.3) is 5.56 Å². The van der Waals surface area contributed by atoms with Gasteiger partial charge in [0.1, 0.15) is 0 Å². The van der Waals surface area contributed by atoms with Crippen molar-refractivity contribution >= 4 is 11.2 Å². The summed E-state index contributed by atoms with van der Waals surface area (Å²) < 4.78 is 4.58. The zero-order chi connectivity index (χ0) is 25.9. The Morgan fingerprint density at radius 3 is 2.35 bits per heavy atom. The Kier molecular flexibility index (Phi) is 6.57. The Labute approximate surface area is 214 Å². The molecule has 0 spiro atoms. The quantitative estimate of drug-likeness (QED) is 0.333. The molecule has 2 heterocycles. The highest BCUT2D eigenvalue weighted by Gasteiger charge is 2.19. The normalized spacial score (nSPS) is 11.2. The Morgan fingerprint density at radius 2 is 1.65 bits per heavy atom. The number of aryl methyl sites for hydroxylation is 1. The van der Waals surface area contributed by atoms with Gasteiger partial charge in [-0.3, -0.25) is 9.36 Å². The van der Waals surface area contributed by atoms with Gasteiger partial charge in [0.05, 0.1) is 23.6 Å². The number of nitrogens with zero attached hydrogens (tertiary/aromatic N) is 5. The van der Waals surface area contributed by atoms with Gasteiger partial charge < -0.3 is 4.57 Å². The van der Waals surface area contributed by atoms with Crippen LogP contribution in [0.5, 0.6) is 0 Å². The van der Waals surface area contributed by atoms with Crippen molar-refractivity contribution in [1.82, 2.24) is 18.7 Å². The van der Waals surface area contributed by atoms with Crippen LogP contribution in [-0.2, 0) is 19.5 Å². The van der Waals surface area contributed by atoms with E-state index in [1.165, 1.54) is 9.13 Å². The largest absolute Gasteiger partial charge is 0.337 e. The lowest BCUT2D eigenvalue weighted by Gasteiger charge is -2.14. The third kappa shape index (κ3) is 4.74. The van der Waals surface area contributed by atoms with Crippen molar-refractivity contribution < 1.29 is 0 Å². The molecule has 0 amide bonds. The minimum Gasteiger partial charge on any atom is -0.320 e. The molecule has 5 aromatic rings. The first kappa shape index (κ1) is 24.0. The molecule has 0 saturated carbocycles. The van der Waals surface area contributed by atoms with Gasteiger partial charge in [-0.2, -0.15) is 5.26 Å². The number of aromatic nitrogens is 4. The van der Waals surface area contributed by atoms with E-state index in [-0.39, 0.29) is 12.1 Å². The standard InChI is InChI=1S/C30H27N5O2/c1-21(2)25-11-13-26(14-12-25)35-28-27(33(20-32-28)19-24-10-6-9-23(17-24)18-31)29(36)34(30(35)37)16-15-22-7-4-3-5-8-22/h3-14,17,20-21H,15-16,19H2,1-2H3. The van der Waals surface area contributed by atoms with Crippen LogP contribution in [0.25, 0.3) is 16.9 Å². The molecule has 0 aliphatic rings. The monoisotopic (exact) mass is 489 g/mol. The van der Waals surface area contributed by atoms with E-state index in [2.05, 4.69) is 24.9 Å². The van der Waals surface area contributed by atoms with E-state index >= 15 is 0 Å². The maximum Gasteiger partial charge on any atom is 0.337 e. The molecule has 0 radical (unpaired) electrons. The first-order chi connectivity index (χ1) is 18.0. The van der Waals surface area contributed by atoms with Crippen LogP contribution in [0, 0.1) is 11.3 Å². The molecule has 0 N–H and O–H groups in total. The van der Waals surface area contributed by atoms with Crippen molar-refractivity contribution in [1.29, 1.82) is 5.26 Å². The van der Waals surface area contributed by atoms with Crippen LogP contribution in [0.1, 0.15) is 42.0 Å². The van der Waals surface area contributed by atoms with Crippen molar-refractivity contribution in [3.8, 4) is 11.8 Å². The van der Waals surface area contributed by atoms with E-state index in [9.17, 15) is 14.9 Å². The van der Waals surface area contributed by atoms with Gasteiger partial charge in [0, 0.05) is 13.1 Å². The van der Waals surface area contributed by atoms with Crippen LogP contribution in [0.2, 0.25) is 0 Å². The van der Waals surface area contributed by atoms with Gasteiger partial charge >= 0.3 is 5.69 Å². The van der Waals surface area contributed by atoms with Crippen LogP contribution >= 0.6 is 0 Å². The number of imidazole rings is 1. The molecule has 0 atom stereocenters. The number of hydrogen-bond donors (Lipinski definition) is 0. The van der Waals surface area contributed by atoms with E-state index in [4.69, 9.17) is 0 Å². The topological polar surface area (TPSA) is 85.6 Å². The first-order valence-electron chi connectivity index (χ1n) is 12.3. The molecular weight excluding hydrogens is 462 g/mol. The molecule has 7 heteroatoms. The first-order valence-corrected chi connectivity index (χ1v) is 12.3. The minimum atomic E-state index is -0.414. The second-order valence-corrected chi connectivity index (χ2v) is 9.41. The molecule has 0 bridgehead atoms. The number of hydrogen-bond acceptors (Lipinski definition) is 4. The van der Waals surface area contributed by atoms with E-state index in [1.807, 2.05) is 66.7 Å². The SMILES string of the molecule is CC(C)c1ccc(-n2c(=O)n(CCc3ccccc3)c(=O)c3c2ncn3Cc2cccc(C#N)c2)cc1. The zero-order valence-electron chi connectivity index (χ0n) is 20.8. The zero-order valence-corrected chi connectivity index (χ0v) is 20.8. The van der Waals surface area contributed by atoms with E-state index in [0.29, 0.717) is 41.3 Å². The summed E-state index contributed by atoms with van der Waals surface area (Å²) in [7, 11) is 0. The van der Waals surface area contributed by atoms with Crippen molar-refractivity contribution in [2.24, 2.45) is 0 Å². The smallest absolute Gasteiger partial charge is 0.320 e. The van der Waals surface area contributed by atoms with Gasteiger partial charge in [-0.1, -0.05) is 68.4 Å². The van der Waals surface area contributed by atoms with Crippen LogP contribution in [-0.4, -0.2) is 18.7 Å². The van der Waals surface area contributed by atoms with Crippen molar-refractivity contribution in [2.45, 2.75) is 39.3 Å². The third-order valence-corrected chi connectivity index (χ3v) is 6.59. The lowest BCUT2D eigenvalue weighted by molar-refractivity contribution is 0.615. The lowest BCUT2D eigenvalue weighted by Crippen LogP contribution is -2.40. The molecule has 7 nitrogen and oxygen atoms in total. The number of fused-ring (bicyclic) bond motifs is 1. The summed E-state index contributed by atoms with van der Waals surface area (Å²) in [6, 6.07) is 27.0. The summed E-state index contributed by atoms with van der Waals surface area (Å²) in [4.78, 5) is 32.0. The highest BCUT2D eigenvalue weighted by atomic mass is 16.2. The van der Waals surface area contributed by atoms with Crippen molar-refractivity contribution in [3.63, 3.8) is 0 Å². The third-order valence-electron chi connectivity index (χ3n) is 6.59. The number of nitriles is 1. The molecule has 0 aliphatic heterocycles. The maximum absolute atomic E-state index is 13.7. The van der Waals surface area contributed by atoms with E-state index in [0.717, 1.165) is 16.7 Å². The summed E-state index contributed by atoms with van der Waals surface area (Å²) in [6.45, 7) is 4.83. The predicted molar refractivity (Wildman–Crippen MR) is 144 cm³/mol. The van der Waals surface area contributed by atoms with Crippen LogP contribution < -0.4 is 11.2 Å². The fourth-order valence-electron chi connectivity index (χ4n) is 4.56. The summed E-state index contributed by atoms with van der Waals surface area (Å²) in [5.41, 5.74) is 4.16. The molecule has 0 unspecified atom stereocenters. The highest BCUT2D eigenvalue weighted by molar-refractivity contribution is 5.72. The number of benzene rings is 3. The Morgan fingerprint density at radius 1 is 0.919 bits per heavy atom. The summed E-state index contributed by atoms with van der Waals surface area (Å²) in [5.74, 6) is 0.356. The fraction of sp³-hybridized carbons (Fsp3) is 0.200. The second kappa shape index (κ2) is 10.1. The van der Waals surface area contributed by atoms with Crippen molar-refractivity contribution in [3.05, 3.63) is 128 Å². The van der Waals surface area contributed by atoms with E-state index < -0.39 is 5.69 Å². The highest BCUT2D eigenvalue weighted by Crippen LogP contribution is 2.19. The van der Waals surface area contributed by atoms with Gasteiger partial charge in [-0.05, 0) is 53.3 Å². The Bertz CT molecular complexity index is 1720.